The van der Waals surface area contributed by atoms with Gasteiger partial charge in [-0.05, 0) is 118 Å². The normalized spacial score (nSPS) is 46.5. The van der Waals surface area contributed by atoms with Crippen molar-refractivity contribution < 1.29 is 5.11 Å². The summed E-state index contributed by atoms with van der Waals surface area (Å²) >= 11 is 0. The van der Waals surface area contributed by atoms with Crippen LogP contribution in [0.3, 0.4) is 0 Å². The highest BCUT2D eigenvalue weighted by Gasteiger charge is 2.48. The van der Waals surface area contributed by atoms with Crippen LogP contribution >= 0.6 is 0 Å². The van der Waals surface area contributed by atoms with Gasteiger partial charge >= 0.3 is 0 Å². The van der Waals surface area contributed by atoms with Crippen LogP contribution in [0, 0.1) is 21.7 Å². The minimum absolute atomic E-state index is 0.302. The largest absolute Gasteiger partial charge is 0.396 e. The van der Waals surface area contributed by atoms with Crippen LogP contribution in [-0.4, -0.2) is 31.3 Å². The van der Waals surface area contributed by atoms with Crippen molar-refractivity contribution in [3.63, 3.8) is 0 Å². The molecule has 0 unspecified atom stereocenters. The molecule has 0 spiro atoms. The molecule has 6 saturated carbocycles. The van der Waals surface area contributed by atoms with Crippen molar-refractivity contribution in [3.8, 4) is 0 Å². The van der Waals surface area contributed by atoms with Crippen molar-refractivity contribution in [2.45, 2.75) is 77.0 Å². The first-order chi connectivity index (χ1) is 11.5. The van der Waals surface area contributed by atoms with E-state index < -0.39 is 0 Å². The molecule has 0 amide bonds. The molecule has 4 nitrogen and oxygen atoms in total. The van der Waals surface area contributed by atoms with Gasteiger partial charge in [0.1, 0.15) is 0 Å². The Hall–Kier alpha value is -0.160. The zero-order chi connectivity index (χ0) is 17.3. The first kappa shape index (κ1) is 18.6. The average Bonchev–Trinajstić information content (AvgIpc) is 2.71. The monoisotopic (exact) mass is 337 g/mol. The van der Waals surface area contributed by atoms with Crippen LogP contribution < -0.4 is 17.2 Å². The van der Waals surface area contributed by atoms with Crippen molar-refractivity contribution in [3.05, 3.63) is 0 Å². The fourth-order valence-corrected chi connectivity index (χ4v) is 5.84. The predicted octanol–water partition coefficient (Wildman–Crippen LogP) is 2.52. The molecule has 0 aromatic rings. The lowest BCUT2D eigenvalue weighted by Crippen LogP contribution is -2.48. The van der Waals surface area contributed by atoms with Gasteiger partial charge in [-0.3, -0.25) is 0 Å². The van der Waals surface area contributed by atoms with Gasteiger partial charge in [0.05, 0.1) is 0 Å². The SMILES string of the molecule is NCC12CCC(CN)(CC1)CC2.NCC12CCC(CO)(CC1)CC2. The zero-order valence-corrected chi connectivity index (χ0v) is 15.5. The van der Waals surface area contributed by atoms with Gasteiger partial charge in [-0.1, -0.05) is 0 Å². The highest BCUT2D eigenvalue weighted by molar-refractivity contribution is 5.00. The summed E-state index contributed by atoms with van der Waals surface area (Å²) < 4.78 is 0. The number of hydrogen-bond acceptors (Lipinski definition) is 4. The molecule has 6 aliphatic rings. The highest BCUT2D eigenvalue weighted by atomic mass is 16.3. The summed E-state index contributed by atoms with van der Waals surface area (Å²) in [5.41, 5.74) is 19.3. The molecule has 0 aliphatic heterocycles. The summed E-state index contributed by atoms with van der Waals surface area (Å²) in [6, 6.07) is 0. The fourth-order valence-electron chi connectivity index (χ4n) is 5.84. The smallest absolute Gasteiger partial charge is 0.0487 e. The Morgan fingerprint density at radius 1 is 0.458 bits per heavy atom. The number of aliphatic hydroxyl groups excluding tert-OH is 1. The first-order valence-corrected chi connectivity index (χ1v) is 10.2. The number of hydrogen-bond donors (Lipinski definition) is 4. The van der Waals surface area contributed by atoms with E-state index in [1.165, 1.54) is 77.0 Å². The van der Waals surface area contributed by atoms with Crippen molar-refractivity contribution in [1.82, 2.24) is 0 Å². The summed E-state index contributed by atoms with van der Waals surface area (Å²) in [6.07, 6.45) is 15.4. The molecule has 0 radical (unpaired) electrons. The van der Waals surface area contributed by atoms with E-state index in [4.69, 9.17) is 17.2 Å². The van der Waals surface area contributed by atoms with Gasteiger partial charge in [0.15, 0.2) is 0 Å². The molecule has 140 valence electrons. The first-order valence-electron chi connectivity index (χ1n) is 10.2. The standard InChI is InChI=1S/C10H20N2.C10H19NO/c11-7-9-1-2-10(8-12,5-3-9)6-4-9;11-7-9-1-4-10(8-12,5-2-9)6-3-9/h1-8,11-12H2;12H,1-8,11H2. The van der Waals surface area contributed by atoms with Gasteiger partial charge in [-0.15, -0.1) is 0 Å². The topological polar surface area (TPSA) is 98.3 Å². The molecule has 0 atom stereocenters. The lowest BCUT2D eigenvalue weighted by molar-refractivity contribution is -0.0375. The fraction of sp³-hybridized carbons (Fsp3) is 1.00. The highest BCUT2D eigenvalue weighted by Crippen LogP contribution is 2.56. The van der Waals surface area contributed by atoms with Crippen LogP contribution in [0.2, 0.25) is 0 Å². The molecule has 6 fully saturated rings. The van der Waals surface area contributed by atoms with Crippen molar-refractivity contribution in [2.24, 2.45) is 38.9 Å². The maximum atomic E-state index is 9.29. The van der Waals surface area contributed by atoms with E-state index in [1.54, 1.807) is 0 Å². The molecule has 0 aromatic carbocycles. The Labute approximate surface area is 147 Å². The van der Waals surface area contributed by atoms with Gasteiger partial charge in [-0.2, -0.15) is 0 Å². The summed E-state index contributed by atoms with van der Waals surface area (Å²) in [4.78, 5) is 0. The van der Waals surface area contributed by atoms with Crippen LogP contribution in [0.15, 0.2) is 0 Å². The van der Waals surface area contributed by atoms with Crippen LogP contribution in [0.4, 0.5) is 0 Å². The lowest BCUT2D eigenvalue weighted by Gasteiger charge is -2.53. The Morgan fingerprint density at radius 3 is 0.833 bits per heavy atom. The number of fused-ring (bicyclic) bond motifs is 6. The Bertz CT molecular complexity index is 308. The second-order valence-corrected chi connectivity index (χ2v) is 9.77. The Balaban J connectivity index is 0.000000141. The van der Waals surface area contributed by atoms with E-state index in [-0.39, 0.29) is 0 Å². The summed E-state index contributed by atoms with van der Waals surface area (Å²) in [5.74, 6) is 0. The van der Waals surface area contributed by atoms with Crippen LogP contribution in [0.5, 0.6) is 0 Å². The third kappa shape index (κ3) is 3.27. The van der Waals surface area contributed by atoms with Crippen LogP contribution in [0.25, 0.3) is 0 Å². The van der Waals surface area contributed by atoms with E-state index in [0.717, 1.165) is 19.6 Å². The quantitative estimate of drug-likeness (QED) is 0.633. The summed E-state index contributed by atoms with van der Waals surface area (Å²) in [7, 11) is 0. The second kappa shape index (κ2) is 6.86. The average molecular weight is 338 g/mol. The molecular weight excluding hydrogens is 298 g/mol. The van der Waals surface area contributed by atoms with Crippen molar-refractivity contribution >= 4 is 0 Å². The van der Waals surface area contributed by atoms with E-state index in [0.29, 0.717) is 28.3 Å². The molecular formula is C20H39N3O. The third-order valence-electron chi connectivity index (χ3n) is 8.75. The minimum Gasteiger partial charge on any atom is -0.396 e. The summed E-state index contributed by atoms with van der Waals surface area (Å²) in [5, 5.41) is 9.29. The van der Waals surface area contributed by atoms with Gasteiger partial charge < -0.3 is 22.3 Å². The van der Waals surface area contributed by atoms with E-state index in [1.807, 2.05) is 0 Å². The number of nitrogens with two attached hydrogens (primary N) is 3. The third-order valence-corrected chi connectivity index (χ3v) is 8.75. The van der Waals surface area contributed by atoms with Gasteiger partial charge in [0.2, 0.25) is 0 Å². The van der Waals surface area contributed by atoms with Crippen LogP contribution in [0.1, 0.15) is 77.0 Å². The molecule has 7 N–H and O–H groups in total. The van der Waals surface area contributed by atoms with Crippen molar-refractivity contribution in [2.75, 3.05) is 26.2 Å². The maximum absolute atomic E-state index is 9.29. The minimum atomic E-state index is 0.302. The number of aliphatic hydroxyl groups is 1. The molecule has 24 heavy (non-hydrogen) atoms. The van der Waals surface area contributed by atoms with Gasteiger partial charge in [-0.25, -0.2) is 0 Å². The van der Waals surface area contributed by atoms with Crippen molar-refractivity contribution in [1.29, 1.82) is 0 Å². The molecule has 0 heterocycles. The Kier molecular flexibility index (Phi) is 5.33. The maximum Gasteiger partial charge on any atom is 0.0487 e. The zero-order valence-electron chi connectivity index (χ0n) is 15.5. The summed E-state index contributed by atoms with van der Waals surface area (Å²) in [6.45, 7) is 3.05. The molecule has 0 saturated heterocycles. The van der Waals surface area contributed by atoms with Crippen LogP contribution in [-0.2, 0) is 0 Å². The second-order valence-electron chi connectivity index (χ2n) is 9.77. The van der Waals surface area contributed by atoms with E-state index >= 15 is 0 Å². The molecule has 6 aliphatic carbocycles. The molecule has 6 rings (SSSR count). The molecule has 4 bridgehead atoms. The Morgan fingerprint density at radius 2 is 0.667 bits per heavy atom. The van der Waals surface area contributed by atoms with E-state index in [9.17, 15) is 5.11 Å². The molecule has 4 heteroatoms. The van der Waals surface area contributed by atoms with E-state index in [2.05, 4.69) is 0 Å². The predicted molar refractivity (Wildman–Crippen MR) is 99.4 cm³/mol. The van der Waals surface area contributed by atoms with Gasteiger partial charge in [0, 0.05) is 6.61 Å². The van der Waals surface area contributed by atoms with Gasteiger partial charge in [0.25, 0.3) is 0 Å². The lowest BCUT2D eigenvalue weighted by atomic mass is 9.54. The molecule has 0 aromatic heterocycles. The number of rotatable bonds is 4.